The Bertz CT molecular complexity index is 763. The minimum Gasteiger partial charge on any atom is -0.462 e. The molecule has 0 bridgehead atoms. The monoisotopic (exact) mass is 333 g/mol. The average molecular weight is 334 g/mol. The van der Waals surface area contributed by atoms with Gasteiger partial charge in [-0.3, -0.25) is 4.79 Å². The molecule has 24 heavy (non-hydrogen) atoms. The Kier molecular flexibility index (Phi) is 5.31. The molecule has 0 amide bonds. The topological polar surface area (TPSA) is 26.3 Å². The Morgan fingerprint density at radius 2 is 2.04 bits per heavy atom. The van der Waals surface area contributed by atoms with Gasteiger partial charge in [-0.25, -0.2) is 0 Å². The van der Waals surface area contributed by atoms with Gasteiger partial charge in [-0.1, -0.05) is 60.9 Å². The van der Waals surface area contributed by atoms with Crippen molar-refractivity contribution in [3.63, 3.8) is 0 Å². The zero-order valence-corrected chi connectivity index (χ0v) is 15.4. The fourth-order valence-corrected chi connectivity index (χ4v) is 2.36. The van der Waals surface area contributed by atoms with Crippen molar-refractivity contribution in [2.75, 3.05) is 6.61 Å². The van der Waals surface area contributed by atoms with Gasteiger partial charge in [0.05, 0.1) is 0 Å². The van der Waals surface area contributed by atoms with E-state index in [-0.39, 0.29) is 24.6 Å². The molecule has 0 aromatic heterocycles. The molecule has 0 saturated heterocycles. The highest BCUT2D eigenvalue weighted by Gasteiger charge is 2.26. The fourth-order valence-electron chi connectivity index (χ4n) is 2.36. The number of esters is 1. The van der Waals surface area contributed by atoms with Crippen molar-refractivity contribution in [2.45, 2.75) is 60.7 Å². The van der Waals surface area contributed by atoms with E-state index >= 15 is 0 Å². The average Bonchev–Trinajstić information content (AvgIpc) is 2.54. The molecule has 0 aliphatic heterocycles. The molecular weight excluding hydrogens is 296 g/mol. The number of rotatable bonds is 6. The molecule has 0 N–H and O–H groups in total. The number of hydrogen-bond acceptors (Lipinski definition) is 2. The van der Waals surface area contributed by atoms with Crippen molar-refractivity contribution in [2.24, 2.45) is 5.41 Å². The SMILES string of the molecule is [2H]C([2H])([2H])C1=C(/C=C/C(C)=C/C=C/C(C)=C/COC(C)=O)C(C)(C)CCC1([2H])[2H]. The zero-order chi connectivity index (χ0) is 22.5. The van der Waals surface area contributed by atoms with Gasteiger partial charge in [0.25, 0.3) is 0 Å². The van der Waals surface area contributed by atoms with Crippen LogP contribution >= 0.6 is 0 Å². The predicted octanol–water partition coefficient (Wildman–Crippen LogP) is 6.08. The van der Waals surface area contributed by atoms with Gasteiger partial charge in [-0.05, 0) is 57.0 Å². The van der Waals surface area contributed by atoms with Gasteiger partial charge in [-0.15, -0.1) is 0 Å². The molecule has 1 aliphatic carbocycles. The molecule has 0 atom stereocenters. The molecule has 132 valence electrons. The van der Waals surface area contributed by atoms with Gasteiger partial charge in [0.2, 0.25) is 0 Å². The van der Waals surface area contributed by atoms with E-state index in [0.717, 1.165) is 11.1 Å². The van der Waals surface area contributed by atoms with Crippen molar-refractivity contribution in [1.82, 2.24) is 0 Å². The fraction of sp³-hybridized carbons (Fsp3) is 0.500. The van der Waals surface area contributed by atoms with E-state index in [2.05, 4.69) is 0 Å². The van der Waals surface area contributed by atoms with Gasteiger partial charge < -0.3 is 4.74 Å². The minimum absolute atomic E-state index is 0.0786. The summed E-state index contributed by atoms with van der Waals surface area (Å²) in [6.45, 7) is 6.86. The van der Waals surface area contributed by atoms with Gasteiger partial charge in [0.15, 0.2) is 0 Å². The molecule has 1 aliphatic rings. The van der Waals surface area contributed by atoms with Crippen LogP contribution in [0, 0.1) is 5.41 Å². The maximum absolute atomic E-state index is 10.8. The lowest BCUT2D eigenvalue weighted by Gasteiger charge is -2.32. The summed E-state index contributed by atoms with van der Waals surface area (Å²) >= 11 is 0. The maximum atomic E-state index is 10.8. The normalized spacial score (nSPS) is 25.1. The van der Waals surface area contributed by atoms with Crippen molar-refractivity contribution >= 4 is 5.97 Å². The van der Waals surface area contributed by atoms with Gasteiger partial charge >= 0.3 is 5.97 Å². The van der Waals surface area contributed by atoms with Crippen molar-refractivity contribution in [1.29, 1.82) is 0 Å². The molecule has 0 aromatic rings. The largest absolute Gasteiger partial charge is 0.462 e. The molecule has 2 nitrogen and oxygen atoms in total. The molecule has 1 rings (SSSR count). The van der Waals surface area contributed by atoms with Gasteiger partial charge in [0.1, 0.15) is 6.61 Å². The molecule has 2 heteroatoms. The van der Waals surface area contributed by atoms with E-state index in [1.165, 1.54) is 6.92 Å². The minimum atomic E-state index is -2.47. The summed E-state index contributed by atoms with van der Waals surface area (Å²) in [7, 11) is 0. The van der Waals surface area contributed by atoms with Crippen LogP contribution in [0.25, 0.3) is 0 Å². The van der Waals surface area contributed by atoms with Gasteiger partial charge in [-0.2, -0.15) is 0 Å². The number of ether oxygens (including phenoxy) is 1. The Hall–Kier alpha value is -1.83. The van der Waals surface area contributed by atoms with Crippen LogP contribution in [0.5, 0.6) is 0 Å². The number of carbonyl (C=O) groups excluding carboxylic acids is 1. The Labute approximate surface area is 154 Å². The molecule has 0 fully saturated rings. The molecule has 0 spiro atoms. The third kappa shape index (κ3) is 7.16. The molecule has 0 unspecified atom stereocenters. The maximum Gasteiger partial charge on any atom is 0.302 e. The lowest BCUT2D eigenvalue weighted by atomic mass is 9.72. The first kappa shape index (κ1) is 13.5. The molecule has 0 radical (unpaired) electrons. The number of carbonyl (C=O) groups is 1. The smallest absolute Gasteiger partial charge is 0.302 e. The van der Waals surface area contributed by atoms with Crippen molar-refractivity contribution in [3.8, 4) is 0 Å². The Morgan fingerprint density at radius 3 is 2.71 bits per heavy atom. The summed E-state index contributed by atoms with van der Waals surface area (Å²) in [6.07, 6.45) is 9.99. The summed E-state index contributed by atoms with van der Waals surface area (Å²) in [6, 6.07) is 0. The first-order valence-electron chi connectivity index (χ1n) is 10.8. The van der Waals surface area contributed by atoms with E-state index in [1.807, 2.05) is 52.0 Å². The van der Waals surface area contributed by atoms with Crippen LogP contribution in [0.15, 0.2) is 58.7 Å². The summed E-state index contributed by atoms with van der Waals surface area (Å²) in [5.74, 6) is -0.320. The van der Waals surface area contributed by atoms with E-state index in [4.69, 9.17) is 11.6 Å². The summed E-state index contributed by atoms with van der Waals surface area (Å²) < 4.78 is 44.9. The van der Waals surface area contributed by atoms with Crippen LogP contribution in [0.4, 0.5) is 0 Å². The predicted molar refractivity (Wildman–Crippen MR) is 103 cm³/mol. The number of allylic oxidation sites excluding steroid dienone is 9. The third-order valence-electron chi connectivity index (χ3n) is 3.97. The van der Waals surface area contributed by atoms with E-state index in [1.54, 1.807) is 12.2 Å². The first-order chi connectivity index (χ1) is 13.2. The highest BCUT2D eigenvalue weighted by molar-refractivity contribution is 5.66. The summed E-state index contributed by atoms with van der Waals surface area (Å²) in [4.78, 5) is 10.8. The quantitative estimate of drug-likeness (QED) is 0.435. The van der Waals surface area contributed by atoms with Crippen LogP contribution < -0.4 is 0 Å². The van der Waals surface area contributed by atoms with Crippen molar-refractivity contribution < 1.29 is 16.4 Å². The van der Waals surface area contributed by atoms with Crippen LogP contribution in [0.2, 0.25) is 0 Å². The van der Waals surface area contributed by atoms with Crippen LogP contribution in [-0.4, -0.2) is 12.6 Å². The molecule has 0 saturated carbocycles. The van der Waals surface area contributed by atoms with Crippen molar-refractivity contribution in [3.05, 3.63) is 58.7 Å². The van der Waals surface area contributed by atoms with Gasteiger partial charge in [0, 0.05) is 13.8 Å². The van der Waals surface area contributed by atoms with E-state index in [0.29, 0.717) is 12.0 Å². The second-order valence-electron chi connectivity index (χ2n) is 6.70. The van der Waals surface area contributed by atoms with E-state index in [9.17, 15) is 4.79 Å². The molecule has 0 aromatic carbocycles. The summed E-state index contributed by atoms with van der Waals surface area (Å²) in [5, 5.41) is 0. The lowest BCUT2D eigenvalue weighted by Crippen LogP contribution is -2.19. The summed E-state index contributed by atoms with van der Waals surface area (Å²) in [5.41, 5.74) is 1.94. The molecule has 0 heterocycles. The second kappa shape index (κ2) is 9.46. The second-order valence-corrected chi connectivity index (χ2v) is 6.70. The molecular formula is C22H32O2. The Balaban J connectivity index is 3.08. The highest BCUT2D eigenvalue weighted by Crippen LogP contribution is 2.40. The van der Waals surface area contributed by atoms with E-state index < -0.39 is 18.6 Å². The van der Waals surface area contributed by atoms with Crippen LogP contribution in [-0.2, 0) is 9.53 Å². The highest BCUT2D eigenvalue weighted by atomic mass is 16.5. The van der Waals surface area contributed by atoms with Crippen LogP contribution in [0.3, 0.4) is 0 Å². The zero-order valence-electron chi connectivity index (χ0n) is 20.4. The third-order valence-corrected chi connectivity index (χ3v) is 3.97. The Morgan fingerprint density at radius 1 is 1.29 bits per heavy atom. The lowest BCUT2D eigenvalue weighted by molar-refractivity contribution is -0.139. The standard InChI is InChI=1S/C22H32O2/c1-17(9-7-10-18(2)14-16-24-20(4)23)12-13-21-19(3)11-8-15-22(21,5)6/h7,9-10,12-14H,8,11,15-16H2,1-6H3/b10-7+,13-12+,17-9+,18-14+/i3D3,11D2. The van der Waals surface area contributed by atoms with Crippen LogP contribution in [0.1, 0.15) is 67.5 Å². The number of hydrogen-bond donors (Lipinski definition) is 0. The first-order valence-corrected chi connectivity index (χ1v) is 8.26.